The summed E-state index contributed by atoms with van der Waals surface area (Å²) in [5, 5.41) is 13.7. The molecule has 2 aromatic carbocycles. The first-order chi connectivity index (χ1) is 10.7. The molecule has 2 rings (SSSR count). The molecule has 5 heteroatoms. The molecular formula is C17H18N2O3. The molecule has 2 N–H and O–H groups in total. The van der Waals surface area contributed by atoms with E-state index in [1.165, 1.54) is 6.21 Å². The minimum absolute atomic E-state index is 0.524. The highest BCUT2D eigenvalue weighted by molar-refractivity contribution is 5.85. The van der Waals surface area contributed by atoms with Crippen LogP contribution in [0.1, 0.15) is 24.2 Å². The van der Waals surface area contributed by atoms with Crippen LogP contribution in [-0.4, -0.2) is 23.8 Å². The zero-order chi connectivity index (χ0) is 15.8. The van der Waals surface area contributed by atoms with Crippen molar-refractivity contribution in [1.29, 1.82) is 0 Å². The fourth-order valence-electron chi connectivity index (χ4n) is 1.84. The van der Waals surface area contributed by atoms with Gasteiger partial charge in [-0.3, -0.25) is 4.79 Å². The zero-order valence-electron chi connectivity index (χ0n) is 12.3. The van der Waals surface area contributed by atoms with Crippen molar-refractivity contribution in [3.05, 3.63) is 65.7 Å². The second kappa shape index (κ2) is 7.95. The zero-order valence-corrected chi connectivity index (χ0v) is 12.3. The number of benzene rings is 2. The summed E-state index contributed by atoms with van der Waals surface area (Å²) < 4.78 is 5.34. The third-order valence-electron chi connectivity index (χ3n) is 2.94. The molecule has 22 heavy (non-hydrogen) atoms. The van der Waals surface area contributed by atoms with Crippen LogP contribution < -0.4 is 10.2 Å². The van der Waals surface area contributed by atoms with E-state index in [0.717, 1.165) is 11.3 Å². The number of rotatable bonds is 6. The SMILES string of the molecule is CCOc1ccc(/C=N\NC(=O)[C@@H](O)c2ccccc2)cc1. The molecule has 0 fully saturated rings. The van der Waals surface area contributed by atoms with Crippen molar-refractivity contribution in [2.75, 3.05) is 6.61 Å². The number of nitrogens with zero attached hydrogens (tertiary/aromatic N) is 1. The number of aliphatic hydroxyl groups excluding tert-OH is 1. The normalized spacial score (nSPS) is 12.1. The molecule has 0 unspecified atom stereocenters. The molecule has 1 amide bonds. The van der Waals surface area contributed by atoms with Gasteiger partial charge in [-0.15, -0.1) is 0 Å². The molecular weight excluding hydrogens is 280 g/mol. The fourth-order valence-corrected chi connectivity index (χ4v) is 1.84. The molecule has 0 aliphatic rings. The number of amides is 1. The maximum absolute atomic E-state index is 11.8. The lowest BCUT2D eigenvalue weighted by Gasteiger charge is -2.08. The lowest BCUT2D eigenvalue weighted by Crippen LogP contribution is -2.25. The van der Waals surface area contributed by atoms with E-state index in [2.05, 4.69) is 10.5 Å². The van der Waals surface area contributed by atoms with E-state index in [0.29, 0.717) is 12.2 Å². The van der Waals surface area contributed by atoms with Crippen molar-refractivity contribution >= 4 is 12.1 Å². The first-order valence-corrected chi connectivity index (χ1v) is 6.99. The van der Waals surface area contributed by atoms with E-state index in [-0.39, 0.29) is 0 Å². The molecule has 0 heterocycles. The monoisotopic (exact) mass is 298 g/mol. The molecule has 0 aliphatic heterocycles. The van der Waals surface area contributed by atoms with E-state index in [1.54, 1.807) is 24.3 Å². The summed E-state index contributed by atoms with van der Waals surface area (Å²) in [7, 11) is 0. The Morgan fingerprint density at radius 2 is 1.91 bits per heavy atom. The first-order valence-electron chi connectivity index (χ1n) is 6.99. The number of hydrogen-bond donors (Lipinski definition) is 2. The van der Waals surface area contributed by atoms with E-state index >= 15 is 0 Å². The van der Waals surface area contributed by atoms with Gasteiger partial charge >= 0.3 is 0 Å². The molecule has 0 saturated carbocycles. The average Bonchev–Trinajstić information content (AvgIpc) is 2.56. The second-order valence-corrected chi connectivity index (χ2v) is 4.55. The number of nitrogens with one attached hydrogen (secondary N) is 1. The van der Waals surface area contributed by atoms with Crippen LogP contribution in [0.15, 0.2) is 59.7 Å². The molecule has 2 aromatic rings. The van der Waals surface area contributed by atoms with Crippen LogP contribution >= 0.6 is 0 Å². The summed E-state index contributed by atoms with van der Waals surface area (Å²) in [6.07, 6.45) is 0.268. The minimum atomic E-state index is -1.24. The van der Waals surface area contributed by atoms with Crippen LogP contribution in [0.25, 0.3) is 0 Å². The van der Waals surface area contributed by atoms with Gasteiger partial charge in [-0.1, -0.05) is 30.3 Å². The van der Waals surface area contributed by atoms with Crippen LogP contribution in [0.3, 0.4) is 0 Å². The van der Waals surface area contributed by atoms with Gasteiger partial charge in [0, 0.05) is 0 Å². The summed E-state index contributed by atoms with van der Waals surface area (Å²) >= 11 is 0. The summed E-state index contributed by atoms with van der Waals surface area (Å²) in [4.78, 5) is 11.8. The summed E-state index contributed by atoms with van der Waals surface area (Å²) in [5.41, 5.74) is 3.66. The van der Waals surface area contributed by atoms with Crippen LogP contribution in [0.4, 0.5) is 0 Å². The van der Waals surface area contributed by atoms with Gasteiger partial charge in [-0.05, 0) is 42.3 Å². The molecule has 114 valence electrons. The van der Waals surface area contributed by atoms with Crippen molar-refractivity contribution in [2.24, 2.45) is 5.10 Å². The smallest absolute Gasteiger partial charge is 0.273 e. The van der Waals surface area contributed by atoms with Gasteiger partial charge in [0.05, 0.1) is 12.8 Å². The first kappa shape index (κ1) is 15.7. The standard InChI is InChI=1S/C17H18N2O3/c1-2-22-15-10-8-13(9-11-15)12-18-19-17(21)16(20)14-6-4-3-5-7-14/h3-12,16,20H,2H2,1H3,(H,19,21)/b18-12-/t16-/m0/s1. The van der Waals surface area contributed by atoms with Crippen molar-refractivity contribution < 1.29 is 14.6 Å². The highest BCUT2D eigenvalue weighted by atomic mass is 16.5. The Balaban J connectivity index is 1.90. The highest BCUT2D eigenvalue weighted by Crippen LogP contribution is 2.12. The van der Waals surface area contributed by atoms with Gasteiger partial charge in [0.25, 0.3) is 5.91 Å². The van der Waals surface area contributed by atoms with E-state index < -0.39 is 12.0 Å². The predicted molar refractivity (Wildman–Crippen MR) is 84.7 cm³/mol. The molecule has 0 aliphatic carbocycles. The van der Waals surface area contributed by atoms with Crippen LogP contribution in [0.2, 0.25) is 0 Å². The van der Waals surface area contributed by atoms with Crippen molar-refractivity contribution in [3.63, 3.8) is 0 Å². The quantitative estimate of drug-likeness (QED) is 0.635. The van der Waals surface area contributed by atoms with Gasteiger partial charge in [0.1, 0.15) is 5.75 Å². The van der Waals surface area contributed by atoms with E-state index in [1.807, 2.05) is 37.3 Å². The largest absolute Gasteiger partial charge is 0.494 e. The van der Waals surface area contributed by atoms with Crippen LogP contribution in [0.5, 0.6) is 5.75 Å². The minimum Gasteiger partial charge on any atom is -0.494 e. The number of ether oxygens (including phenoxy) is 1. The maximum Gasteiger partial charge on any atom is 0.273 e. The summed E-state index contributed by atoms with van der Waals surface area (Å²) in [6.45, 7) is 2.53. The van der Waals surface area contributed by atoms with E-state index in [4.69, 9.17) is 4.74 Å². The van der Waals surface area contributed by atoms with Gasteiger partial charge in [-0.25, -0.2) is 5.43 Å². The Labute approximate surface area is 129 Å². The number of hydrazone groups is 1. The van der Waals surface area contributed by atoms with Gasteiger partial charge in [-0.2, -0.15) is 5.10 Å². The third kappa shape index (κ3) is 4.43. The van der Waals surface area contributed by atoms with Crippen LogP contribution in [-0.2, 0) is 4.79 Å². The topological polar surface area (TPSA) is 70.9 Å². The van der Waals surface area contributed by atoms with Gasteiger partial charge < -0.3 is 9.84 Å². The number of hydrogen-bond acceptors (Lipinski definition) is 4. The predicted octanol–water partition coefficient (Wildman–Crippen LogP) is 2.27. The average molecular weight is 298 g/mol. The number of carbonyl (C=O) groups excluding carboxylic acids is 1. The lowest BCUT2D eigenvalue weighted by molar-refractivity contribution is -0.129. The molecule has 0 bridgehead atoms. The third-order valence-corrected chi connectivity index (χ3v) is 2.94. The Hall–Kier alpha value is -2.66. The maximum atomic E-state index is 11.8. The Morgan fingerprint density at radius 1 is 1.23 bits per heavy atom. The van der Waals surface area contributed by atoms with E-state index in [9.17, 15) is 9.90 Å². The van der Waals surface area contributed by atoms with Crippen molar-refractivity contribution in [3.8, 4) is 5.75 Å². The number of carbonyl (C=O) groups is 1. The van der Waals surface area contributed by atoms with Gasteiger partial charge in [0.2, 0.25) is 0 Å². The number of aliphatic hydroxyl groups is 1. The second-order valence-electron chi connectivity index (χ2n) is 4.55. The highest BCUT2D eigenvalue weighted by Gasteiger charge is 2.15. The summed E-state index contributed by atoms with van der Waals surface area (Å²) in [5.74, 6) is 0.205. The molecule has 1 atom stereocenters. The Kier molecular flexibility index (Phi) is 5.68. The molecule has 0 saturated heterocycles. The summed E-state index contributed by atoms with van der Waals surface area (Å²) in [6, 6.07) is 16.0. The van der Waals surface area contributed by atoms with Crippen molar-refractivity contribution in [1.82, 2.24) is 5.43 Å². The fraction of sp³-hybridized carbons (Fsp3) is 0.176. The molecule has 0 spiro atoms. The molecule has 0 aromatic heterocycles. The van der Waals surface area contributed by atoms with Gasteiger partial charge in [0.15, 0.2) is 6.10 Å². The van der Waals surface area contributed by atoms with Crippen molar-refractivity contribution in [2.45, 2.75) is 13.0 Å². The lowest BCUT2D eigenvalue weighted by atomic mass is 10.1. The Morgan fingerprint density at radius 3 is 2.55 bits per heavy atom. The molecule has 0 radical (unpaired) electrons. The molecule has 5 nitrogen and oxygen atoms in total. The Bertz CT molecular complexity index is 624. The van der Waals surface area contributed by atoms with Crippen LogP contribution in [0, 0.1) is 0 Å².